The second-order valence-corrected chi connectivity index (χ2v) is 6.39. The Hall–Kier alpha value is -1.92. The third-order valence-electron chi connectivity index (χ3n) is 3.73. The number of nitrogens with zero attached hydrogens (tertiary/aromatic N) is 2. The van der Waals surface area contributed by atoms with Crippen molar-refractivity contribution in [2.24, 2.45) is 5.73 Å². The molecule has 0 saturated heterocycles. The fourth-order valence-electron chi connectivity index (χ4n) is 2.10. The number of carbonyl (C=O) groups excluding carboxylic acids is 1. The minimum Gasteiger partial charge on any atom is -0.494 e. The van der Waals surface area contributed by atoms with E-state index in [4.69, 9.17) is 10.5 Å². The average Bonchev–Trinajstić information content (AvgIpc) is 2.95. The maximum atomic E-state index is 12.6. The molecule has 1 amide bonds. The van der Waals surface area contributed by atoms with E-state index in [9.17, 15) is 4.79 Å². The first kappa shape index (κ1) is 17.4. The van der Waals surface area contributed by atoms with Crippen molar-refractivity contribution in [3.05, 3.63) is 34.8 Å². The lowest BCUT2D eigenvalue weighted by atomic mass is 10.2. The lowest BCUT2D eigenvalue weighted by Gasteiger charge is -2.23. The molecule has 0 aliphatic carbocycles. The summed E-state index contributed by atoms with van der Waals surface area (Å²) in [5.41, 5.74) is 7.38. The molecule has 6 heteroatoms. The van der Waals surface area contributed by atoms with Crippen molar-refractivity contribution >= 4 is 17.2 Å². The summed E-state index contributed by atoms with van der Waals surface area (Å²) in [6.07, 6.45) is 0. The van der Waals surface area contributed by atoms with Gasteiger partial charge in [0.25, 0.3) is 5.91 Å². The molecule has 1 aromatic carbocycles. The van der Waals surface area contributed by atoms with Crippen LogP contribution in [0.5, 0.6) is 5.75 Å². The van der Waals surface area contributed by atoms with E-state index in [0.29, 0.717) is 18.0 Å². The van der Waals surface area contributed by atoms with Crippen LogP contribution < -0.4 is 10.5 Å². The number of aromatic nitrogens is 1. The van der Waals surface area contributed by atoms with Gasteiger partial charge < -0.3 is 15.4 Å². The third kappa shape index (κ3) is 3.89. The molecule has 0 fully saturated rings. The normalized spacial score (nSPS) is 12.0. The molecule has 0 aliphatic rings. The molecule has 0 aliphatic heterocycles. The van der Waals surface area contributed by atoms with Gasteiger partial charge in [-0.05, 0) is 45.0 Å². The van der Waals surface area contributed by atoms with E-state index >= 15 is 0 Å². The number of aryl methyl sites for hydroxylation is 1. The molecule has 124 valence electrons. The van der Waals surface area contributed by atoms with Gasteiger partial charge in [0.2, 0.25) is 0 Å². The highest BCUT2D eigenvalue weighted by atomic mass is 32.1. The minimum absolute atomic E-state index is 0.00192. The summed E-state index contributed by atoms with van der Waals surface area (Å²) in [7, 11) is 1.77. The molecule has 1 atom stereocenters. The Labute approximate surface area is 141 Å². The van der Waals surface area contributed by atoms with Crippen LogP contribution in [0, 0.1) is 6.92 Å². The van der Waals surface area contributed by atoms with E-state index in [1.54, 1.807) is 11.9 Å². The molecule has 2 N–H and O–H groups in total. The highest BCUT2D eigenvalue weighted by Gasteiger charge is 2.22. The topological polar surface area (TPSA) is 68.5 Å². The van der Waals surface area contributed by atoms with Gasteiger partial charge in [-0.3, -0.25) is 4.79 Å². The first-order valence-corrected chi connectivity index (χ1v) is 8.47. The van der Waals surface area contributed by atoms with Gasteiger partial charge in [0.15, 0.2) is 0 Å². The molecule has 0 bridgehead atoms. The Morgan fingerprint density at radius 3 is 2.61 bits per heavy atom. The van der Waals surface area contributed by atoms with Crippen molar-refractivity contribution in [1.82, 2.24) is 9.88 Å². The van der Waals surface area contributed by atoms with Crippen molar-refractivity contribution in [2.75, 3.05) is 20.2 Å². The summed E-state index contributed by atoms with van der Waals surface area (Å²) >= 11 is 1.41. The van der Waals surface area contributed by atoms with Crippen molar-refractivity contribution < 1.29 is 9.53 Å². The lowest BCUT2D eigenvalue weighted by Crippen LogP contribution is -2.39. The van der Waals surface area contributed by atoms with Crippen LogP contribution in [-0.4, -0.2) is 42.0 Å². The molecule has 2 rings (SSSR count). The molecular formula is C17H23N3O2S. The number of hydrogen-bond acceptors (Lipinski definition) is 5. The second kappa shape index (κ2) is 7.57. The second-order valence-electron chi connectivity index (χ2n) is 5.39. The number of nitrogens with two attached hydrogens (primary N) is 1. The van der Waals surface area contributed by atoms with Crippen LogP contribution in [0.25, 0.3) is 10.6 Å². The summed E-state index contributed by atoms with van der Waals surface area (Å²) in [6.45, 7) is 6.82. The number of likely N-dealkylation sites (N-methyl/N-ethyl adjacent to an activating group) is 1. The van der Waals surface area contributed by atoms with Gasteiger partial charge in [-0.2, -0.15) is 0 Å². The zero-order valence-electron chi connectivity index (χ0n) is 14.0. The molecule has 2 aromatic rings. The number of rotatable bonds is 6. The van der Waals surface area contributed by atoms with Crippen molar-refractivity contribution in [1.29, 1.82) is 0 Å². The zero-order chi connectivity index (χ0) is 17.0. The smallest absolute Gasteiger partial charge is 0.265 e. The molecule has 1 aromatic heterocycles. The monoisotopic (exact) mass is 333 g/mol. The van der Waals surface area contributed by atoms with E-state index in [1.165, 1.54) is 11.3 Å². The summed E-state index contributed by atoms with van der Waals surface area (Å²) in [6, 6.07) is 7.75. The summed E-state index contributed by atoms with van der Waals surface area (Å²) in [4.78, 5) is 19.4. The Morgan fingerprint density at radius 2 is 2.04 bits per heavy atom. The molecular weight excluding hydrogens is 310 g/mol. The number of amides is 1. The van der Waals surface area contributed by atoms with Crippen molar-refractivity contribution in [2.45, 2.75) is 26.8 Å². The Balaban J connectivity index is 2.25. The van der Waals surface area contributed by atoms with E-state index in [2.05, 4.69) is 4.98 Å². The lowest BCUT2D eigenvalue weighted by molar-refractivity contribution is 0.0752. The van der Waals surface area contributed by atoms with Crippen LogP contribution in [0.15, 0.2) is 24.3 Å². The van der Waals surface area contributed by atoms with Crippen molar-refractivity contribution in [3.8, 4) is 16.3 Å². The van der Waals surface area contributed by atoms with E-state index in [0.717, 1.165) is 22.0 Å². The first-order valence-electron chi connectivity index (χ1n) is 7.65. The maximum Gasteiger partial charge on any atom is 0.265 e. The van der Waals surface area contributed by atoms with E-state index in [-0.39, 0.29) is 11.9 Å². The van der Waals surface area contributed by atoms with Crippen LogP contribution in [0.2, 0.25) is 0 Å². The minimum atomic E-state index is -0.0323. The van der Waals surface area contributed by atoms with Gasteiger partial charge in [0, 0.05) is 25.2 Å². The summed E-state index contributed by atoms with van der Waals surface area (Å²) < 4.78 is 5.44. The van der Waals surface area contributed by atoms with E-state index < -0.39 is 0 Å². The zero-order valence-corrected chi connectivity index (χ0v) is 14.8. The molecule has 1 unspecified atom stereocenters. The molecule has 0 radical (unpaired) electrons. The molecule has 0 spiro atoms. The third-order valence-corrected chi connectivity index (χ3v) is 4.92. The van der Waals surface area contributed by atoms with Crippen LogP contribution in [0.3, 0.4) is 0 Å². The van der Waals surface area contributed by atoms with Gasteiger partial charge in [-0.25, -0.2) is 4.98 Å². The maximum absolute atomic E-state index is 12.6. The van der Waals surface area contributed by atoms with Crippen molar-refractivity contribution in [3.63, 3.8) is 0 Å². The summed E-state index contributed by atoms with van der Waals surface area (Å²) in [5.74, 6) is 0.799. The molecule has 23 heavy (non-hydrogen) atoms. The van der Waals surface area contributed by atoms with Gasteiger partial charge in [-0.15, -0.1) is 11.3 Å². The largest absolute Gasteiger partial charge is 0.494 e. The molecule has 0 saturated carbocycles. The van der Waals surface area contributed by atoms with Crippen LogP contribution in [0.4, 0.5) is 0 Å². The highest BCUT2D eigenvalue weighted by molar-refractivity contribution is 7.17. The Kier molecular flexibility index (Phi) is 5.74. The van der Waals surface area contributed by atoms with Crippen LogP contribution >= 0.6 is 11.3 Å². The Morgan fingerprint density at radius 1 is 1.39 bits per heavy atom. The predicted octanol–water partition coefficient (Wildman–Crippen LogP) is 2.94. The first-order chi connectivity index (χ1) is 11.0. The Bertz CT molecular complexity index is 667. The molecule has 1 heterocycles. The standard InChI is InChI=1S/C17H23N3O2S/c1-5-22-14-8-6-13(7-9-14)16-19-12(3)15(23-16)17(21)20(4)11(2)10-18/h6-9,11H,5,10,18H2,1-4H3. The van der Waals surface area contributed by atoms with E-state index in [1.807, 2.05) is 45.0 Å². The van der Waals surface area contributed by atoms with Gasteiger partial charge >= 0.3 is 0 Å². The van der Waals surface area contributed by atoms with Gasteiger partial charge in [0.05, 0.1) is 12.3 Å². The summed E-state index contributed by atoms with van der Waals surface area (Å²) in [5, 5.41) is 0.836. The van der Waals surface area contributed by atoms with Crippen LogP contribution in [0.1, 0.15) is 29.2 Å². The number of ether oxygens (including phenoxy) is 1. The predicted molar refractivity (Wildman–Crippen MR) is 94.1 cm³/mol. The number of carbonyl (C=O) groups is 1. The fraction of sp³-hybridized carbons (Fsp3) is 0.412. The van der Waals surface area contributed by atoms with Gasteiger partial charge in [0.1, 0.15) is 15.6 Å². The number of hydrogen-bond donors (Lipinski definition) is 1. The van der Waals surface area contributed by atoms with Crippen LogP contribution in [-0.2, 0) is 0 Å². The quantitative estimate of drug-likeness (QED) is 0.882. The molecule has 5 nitrogen and oxygen atoms in total. The number of benzene rings is 1. The number of thiazole rings is 1. The highest BCUT2D eigenvalue weighted by Crippen LogP contribution is 2.30. The average molecular weight is 333 g/mol. The fourth-order valence-corrected chi connectivity index (χ4v) is 3.15. The SMILES string of the molecule is CCOc1ccc(-c2nc(C)c(C(=O)N(C)C(C)CN)s2)cc1. The van der Waals surface area contributed by atoms with Gasteiger partial charge in [-0.1, -0.05) is 0 Å².